The van der Waals surface area contributed by atoms with Gasteiger partial charge in [0, 0.05) is 0 Å². The Bertz CT molecular complexity index is 2450. The van der Waals surface area contributed by atoms with Crippen molar-refractivity contribution in [2.45, 2.75) is 45.5 Å². The van der Waals surface area contributed by atoms with E-state index in [4.69, 9.17) is 10.8 Å². The third kappa shape index (κ3) is 9.57. The molecule has 0 spiro atoms. The van der Waals surface area contributed by atoms with Gasteiger partial charge in [-0.15, -0.1) is 0 Å². The number of nitrogens with one attached hydrogen (secondary N) is 2. The summed E-state index contributed by atoms with van der Waals surface area (Å²) in [6, 6.07) is 19.5. The molecule has 0 aromatic heterocycles. The van der Waals surface area contributed by atoms with Gasteiger partial charge in [-0.2, -0.15) is 30.7 Å². The number of hydrazone groups is 2. The summed E-state index contributed by atoms with van der Waals surface area (Å²) in [5.41, 5.74) is 1.70. The van der Waals surface area contributed by atoms with E-state index >= 15 is 0 Å². The van der Waals surface area contributed by atoms with Crippen LogP contribution in [-0.2, 0) is 30.1 Å². The van der Waals surface area contributed by atoms with Gasteiger partial charge >= 0.3 is 59.1 Å². The summed E-state index contributed by atoms with van der Waals surface area (Å²) in [5.74, 6) is -0.273. The molecule has 2 aliphatic rings. The van der Waals surface area contributed by atoms with Crippen molar-refractivity contribution < 1.29 is 93.5 Å². The summed E-state index contributed by atoms with van der Waals surface area (Å²) in [5, 5.41) is 44.4. The van der Waals surface area contributed by atoms with E-state index in [9.17, 15) is 34.4 Å². The quantitative estimate of drug-likeness (QED) is 0.112. The van der Waals surface area contributed by atoms with E-state index in [0.717, 1.165) is 34.3 Å². The molecule has 6 rings (SSSR count). The Morgan fingerprint density at radius 1 is 0.564 bits per heavy atom. The predicted molar refractivity (Wildman–Crippen MR) is 190 cm³/mol. The molecule has 0 fully saturated rings. The van der Waals surface area contributed by atoms with Crippen LogP contribution in [0.3, 0.4) is 0 Å². The minimum atomic E-state index is -4.72. The van der Waals surface area contributed by atoms with Gasteiger partial charge in [-0.3, -0.25) is 10.8 Å². The molecule has 4 aromatic carbocycles. The first-order chi connectivity index (χ1) is 24.9. The van der Waals surface area contributed by atoms with Gasteiger partial charge in [0.15, 0.2) is 23.8 Å². The number of hydrogen-bond acceptors (Lipinski definition) is 16. The topological polar surface area (TPSA) is 277 Å². The van der Waals surface area contributed by atoms with Crippen molar-refractivity contribution in [3.8, 4) is 0 Å². The molecule has 23 heteroatoms. The normalized spacial score (nSPS) is 17.7. The van der Waals surface area contributed by atoms with Gasteiger partial charge in [0.2, 0.25) is 9.84 Å². The van der Waals surface area contributed by atoms with Crippen LogP contribution in [-0.4, -0.2) is 69.5 Å². The molecule has 2 unspecified atom stereocenters. The number of hydrogen-bond donors (Lipinski definition) is 2. The monoisotopic (exact) mass is 820 g/mol. The molecule has 55 heavy (non-hydrogen) atoms. The van der Waals surface area contributed by atoms with E-state index < -0.39 is 51.9 Å². The van der Waals surface area contributed by atoms with Crippen LogP contribution in [0.15, 0.2) is 147 Å². The molecule has 2 aliphatic heterocycles. The number of anilines is 2. The Kier molecular flexibility index (Phi) is 13.6. The van der Waals surface area contributed by atoms with E-state index in [1.165, 1.54) is 72.8 Å². The average Bonchev–Trinajstić information content (AvgIpc) is 3.57. The van der Waals surface area contributed by atoms with Crippen LogP contribution in [0.25, 0.3) is 0 Å². The molecule has 4 aromatic rings. The number of sulfone groups is 1. The Labute approximate surface area is 360 Å². The van der Waals surface area contributed by atoms with Gasteiger partial charge in [-0.1, -0.05) is 12.1 Å². The van der Waals surface area contributed by atoms with Gasteiger partial charge in [-0.25, -0.2) is 35.3 Å². The molecule has 2 atom stereocenters. The standard InChI is InChI=1S/C32H28N10O8S3.2Na/c1-19-29(31(33)41(39-19)23-5-3-7-27(17-23)52(45,46)47)37-35-21-9-13-25(14-10-21)51(43,44)26-15-11-22(12-16-26)36-38-30-20(2)40-42(32(30)34)24-6-4-8-28(18-24)53(48,49)50;;/h3-18,29-30,33-34H,1-2H3,(H,45,46,47)(H,48,49,50);;/q;2*+1/p-2. The van der Waals surface area contributed by atoms with Crippen molar-refractivity contribution in [2.75, 3.05) is 10.0 Å². The predicted octanol–water partition coefficient (Wildman–Crippen LogP) is -1.01. The molecule has 272 valence electrons. The molecule has 0 radical (unpaired) electrons. The summed E-state index contributed by atoms with van der Waals surface area (Å²) in [4.78, 5) is -1.00. The van der Waals surface area contributed by atoms with Crippen LogP contribution < -0.4 is 69.1 Å². The second-order valence-corrected chi connectivity index (χ2v) is 16.2. The molecule has 0 bridgehead atoms. The van der Waals surface area contributed by atoms with Crippen LogP contribution in [0.2, 0.25) is 0 Å². The number of rotatable bonds is 10. The van der Waals surface area contributed by atoms with Crippen LogP contribution >= 0.6 is 0 Å². The van der Waals surface area contributed by atoms with E-state index in [1.807, 2.05) is 0 Å². The first-order valence-electron chi connectivity index (χ1n) is 15.2. The van der Waals surface area contributed by atoms with E-state index in [2.05, 4.69) is 30.7 Å². The Hall–Kier alpha value is -3.87. The summed E-state index contributed by atoms with van der Waals surface area (Å²) in [6.45, 7) is 3.21. The minimum absolute atomic E-state index is 0. The Balaban J connectivity index is 0.00000336. The van der Waals surface area contributed by atoms with Gasteiger partial charge in [0.1, 0.15) is 20.2 Å². The third-order valence-electron chi connectivity index (χ3n) is 7.85. The summed E-state index contributed by atoms with van der Waals surface area (Å²) in [6.07, 6.45) is 0. The van der Waals surface area contributed by atoms with Crippen molar-refractivity contribution >= 4 is 75.9 Å². The Morgan fingerprint density at radius 2 is 0.909 bits per heavy atom. The number of amidine groups is 2. The zero-order chi connectivity index (χ0) is 38.3. The molecule has 0 aliphatic carbocycles. The number of nitrogens with zero attached hydrogens (tertiary/aromatic N) is 8. The maximum absolute atomic E-state index is 13.4. The van der Waals surface area contributed by atoms with Gasteiger partial charge < -0.3 is 9.11 Å². The molecule has 0 amide bonds. The van der Waals surface area contributed by atoms with Crippen LogP contribution in [0, 0.1) is 10.8 Å². The maximum atomic E-state index is 13.4. The fourth-order valence-electron chi connectivity index (χ4n) is 5.14. The van der Waals surface area contributed by atoms with E-state index in [-0.39, 0.29) is 103 Å². The number of benzene rings is 4. The largest absolute Gasteiger partial charge is 1.00 e. The fraction of sp³-hybridized carbons (Fsp3) is 0.125. The van der Waals surface area contributed by atoms with Crippen molar-refractivity contribution in [2.24, 2.45) is 30.7 Å². The van der Waals surface area contributed by atoms with Crippen LogP contribution in [0.4, 0.5) is 22.7 Å². The summed E-state index contributed by atoms with van der Waals surface area (Å²) < 4.78 is 95.3. The van der Waals surface area contributed by atoms with Crippen molar-refractivity contribution in [3.63, 3.8) is 0 Å². The second kappa shape index (κ2) is 17.1. The molecule has 0 saturated carbocycles. The van der Waals surface area contributed by atoms with Crippen molar-refractivity contribution in [1.82, 2.24) is 0 Å². The smallest absolute Gasteiger partial charge is 0.744 e. The van der Waals surface area contributed by atoms with Crippen molar-refractivity contribution in [1.29, 1.82) is 10.8 Å². The fourth-order valence-corrected chi connectivity index (χ4v) is 7.42. The minimum Gasteiger partial charge on any atom is -0.744 e. The number of azo groups is 2. The maximum Gasteiger partial charge on any atom is 1.00 e. The second-order valence-electron chi connectivity index (χ2n) is 11.5. The molecule has 0 saturated heterocycles. The molecular weight excluding hydrogens is 795 g/mol. The SMILES string of the molecule is CC1=NN(c2cccc(S(=O)(=O)[O-])c2)C(=N)C1N=Nc1ccc(S(=O)(=O)c2ccc(N=NC3C(=N)N(c4cccc(S(=O)(=O)[O-])c4)N=C3C)cc2)cc1.[Na+].[Na+]. The molecule has 2 N–H and O–H groups in total. The molecule has 18 nitrogen and oxygen atoms in total. The van der Waals surface area contributed by atoms with Crippen molar-refractivity contribution in [3.05, 3.63) is 97.1 Å². The first kappa shape index (κ1) is 43.9. The zero-order valence-corrected chi connectivity index (χ0v) is 35.9. The average molecular weight is 821 g/mol. The van der Waals surface area contributed by atoms with E-state index in [0.29, 0.717) is 11.4 Å². The summed E-state index contributed by atoms with van der Waals surface area (Å²) in [7, 11) is -13.4. The summed E-state index contributed by atoms with van der Waals surface area (Å²) >= 11 is 0. The van der Waals surface area contributed by atoms with Gasteiger partial charge in [0.25, 0.3) is 0 Å². The Morgan fingerprint density at radius 3 is 1.24 bits per heavy atom. The van der Waals surface area contributed by atoms with E-state index in [1.54, 1.807) is 13.8 Å². The van der Waals surface area contributed by atoms with Gasteiger partial charge in [0.05, 0.1) is 53.8 Å². The third-order valence-corrected chi connectivity index (χ3v) is 11.3. The first-order valence-corrected chi connectivity index (χ1v) is 19.5. The van der Waals surface area contributed by atoms with Crippen LogP contribution in [0.5, 0.6) is 0 Å². The van der Waals surface area contributed by atoms with Crippen LogP contribution in [0.1, 0.15) is 13.8 Å². The van der Waals surface area contributed by atoms with Gasteiger partial charge in [-0.05, 0) is 98.8 Å². The molecule has 2 heterocycles. The zero-order valence-electron chi connectivity index (χ0n) is 29.5. The molecular formula is C32H26N10Na2O8S3.